The highest BCUT2D eigenvalue weighted by atomic mass is 35.5. The second kappa shape index (κ2) is 5.35. The molecule has 0 aliphatic rings. The van der Waals surface area contributed by atoms with E-state index in [1.165, 1.54) is 0 Å². The highest BCUT2D eigenvalue weighted by molar-refractivity contribution is 6.30. The first-order valence-corrected chi connectivity index (χ1v) is 6.28. The monoisotopic (exact) mass is 289 g/mol. The minimum atomic E-state index is -0.910. The van der Waals surface area contributed by atoms with Crippen molar-refractivity contribution in [3.05, 3.63) is 45.7 Å². The van der Waals surface area contributed by atoms with Crippen molar-refractivity contribution in [3.63, 3.8) is 0 Å². The van der Waals surface area contributed by atoms with E-state index in [1.54, 1.807) is 36.7 Å². The molecule has 0 aliphatic heterocycles. The van der Waals surface area contributed by atoms with E-state index in [9.17, 15) is 10.1 Å². The van der Waals surface area contributed by atoms with Gasteiger partial charge >= 0.3 is 5.97 Å². The summed E-state index contributed by atoms with van der Waals surface area (Å²) < 4.78 is 1.59. The van der Waals surface area contributed by atoms with Gasteiger partial charge in [0.15, 0.2) is 0 Å². The lowest BCUT2D eigenvalue weighted by Gasteiger charge is -2.07. The summed E-state index contributed by atoms with van der Waals surface area (Å²) >= 11 is 5.87. The van der Waals surface area contributed by atoms with Gasteiger partial charge in [-0.3, -0.25) is 4.79 Å². The molecule has 102 valence electrons. The summed E-state index contributed by atoms with van der Waals surface area (Å²) in [5.74, 6) is -0.910. The number of aromatic nitrogens is 2. The predicted octanol–water partition coefficient (Wildman–Crippen LogP) is 2.64. The topological polar surface area (TPSA) is 78.9 Å². The summed E-state index contributed by atoms with van der Waals surface area (Å²) in [7, 11) is 0. The zero-order valence-corrected chi connectivity index (χ0v) is 11.8. The fraction of sp³-hybridized carbons (Fsp3) is 0.214. The molecule has 2 aromatic rings. The van der Waals surface area contributed by atoms with Crippen LogP contribution in [0.3, 0.4) is 0 Å². The Balaban J connectivity index is 2.60. The highest BCUT2D eigenvalue weighted by Gasteiger charge is 2.17. The number of aliphatic carboxylic acids is 1. The minimum Gasteiger partial charge on any atom is -0.481 e. The SMILES string of the molecule is Cc1nn(-c2ccc(Cl)cc2C#N)c(C)c1CC(=O)O. The van der Waals surface area contributed by atoms with Crippen LogP contribution in [0.25, 0.3) is 5.69 Å². The fourth-order valence-corrected chi connectivity index (χ4v) is 2.27. The number of carboxylic acids is 1. The van der Waals surface area contributed by atoms with Gasteiger partial charge in [0, 0.05) is 16.3 Å². The number of carbonyl (C=O) groups is 1. The molecule has 0 amide bonds. The summed E-state index contributed by atoms with van der Waals surface area (Å²) in [4.78, 5) is 10.9. The summed E-state index contributed by atoms with van der Waals surface area (Å²) in [6.07, 6.45) is -0.0901. The van der Waals surface area contributed by atoms with Gasteiger partial charge in [0.25, 0.3) is 0 Å². The molecule has 1 aromatic carbocycles. The molecule has 0 fully saturated rings. The average molecular weight is 290 g/mol. The van der Waals surface area contributed by atoms with Crippen LogP contribution < -0.4 is 0 Å². The Labute approximate surface area is 121 Å². The molecule has 0 aliphatic carbocycles. The van der Waals surface area contributed by atoms with Gasteiger partial charge < -0.3 is 5.11 Å². The van der Waals surface area contributed by atoms with Crippen LogP contribution in [0.4, 0.5) is 0 Å². The van der Waals surface area contributed by atoms with Gasteiger partial charge in [-0.15, -0.1) is 0 Å². The summed E-state index contributed by atoms with van der Waals surface area (Å²) in [5, 5.41) is 22.9. The fourth-order valence-electron chi connectivity index (χ4n) is 2.10. The molecule has 0 unspecified atom stereocenters. The van der Waals surface area contributed by atoms with E-state index in [1.807, 2.05) is 0 Å². The number of aryl methyl sites for hydroxylation is 1. The minimum absolute atomic E-state index is 0.0901. The van der Waals surface area contributed by atoms with Gasteiger partial charge in [-0.25, -0.2) is 4.68 Å². The van der Waals surface area contributed by atoms with E-state index in [2.05, 4.69) is 11.2 Å². The van der Waals surface area contributed by atoms with Crippen molar-refractivity contribution in [1.82, 2.24) is 9.78 Å². The van der Waals surface area contributed by atoms with Gasteiger partial charge in [0.1, 0.15) is 6.07 Å². The molecular weight excluding hydrogens is 278 g/mol. The average Bonchev–Trinajstić information content (AvgIpc) is 2.66. The lowest BCUT2D eigenvalue weighted by Crippen LogP contribution is -2.04. The van der Waals surface area contributed by atoms with E-state index in [4.69, 9.17) is 16.7 Å². The van der Waals surface area contributed by atoms with Crippen LogP contribution in [0.5, 0.6) is 0 Å². The van der Waals surface area contributed by atoms with E-state index in [-0.39, 0.29) is 6.42 Å². The van der Waals surface area contributed by atoms with Crippen LogP contribution in [-0.4, -0.2) is 20.9 Å². The molecule has 1 N–H and O–H groups in total. The number of rotatable bonds is 3. The maximum atomic E-state index is 10.9. The largest absolute Gasteiger partial charge is 0.481 e. The van der Waals surface area contributed by atoms with Crippen LogP contribution in [0, 0.1) is 25.2 Å². The van der Waals surface area contributed by atoms with Crippen molar-refractivity contribution >= 4 is 17.6 Å². The number of nitrogens with zero attached hydrogens (tertiary/aromatic N) is 3. The van der Waals surface area contributed by atoms with Crippen LogP contribution in [0.15, 0.2) is 18.2 Å². The first-order chi connectivity index (χ1) is 9.43. The van der Waals surface area contributed by atoms with Crippen LogP contribution in [0.1, 0.15) is 22.5 Å². The molecule has 6 heteroatoms. The Hall–Kier alpha value is -2.32. The van der Waals surface area contributed by atoms with Crippen molar-refractivity contribution in [2.24, 2.45) is 0 Å². The Bertz CT molecular complexity index is 729. The van der Waals surface area contributed by atoms with Gasteiger partial charge in [0.05, 0.1) is 23.4 Å². The molecule has 0 saturated heterocycles. The molecule has 0 spiro atoms. The summed E-state index contributed by atoms with van der Waals surface area (Å²) in [6, 6.07) is 7.00. The maximum Gasteiger partial charge on any atom is 0.307 e. The van der Waals surface area contributed by atoms with Crippen LogP contribution in [0.2, 0.25) is 5.02 Å². The number of benzene rings is 1. The van der Waals surface area contributed by atoms with Crippen LogP contribution >= 0.6 is 11.6 Å². The van der Waals surface area contributed by atoms with Gasteiger partial charge in [-0.2, -0.15) is 10.4 Å². The van der Waals surface area contributed by atoms with Crippen molar-refractivity contribution in [1.29, 1.82) is 5.26 Å². The van der Waals surface area contributed by atoms with Crippen molar-refractivity contribution in [2.75, 3.05) is 0 Å². The summed E-state index contributed by atoms with van der Waals surface area (Å²) in [5.41, 5.74) is 3.00. The lowest BCUT2D eigenvalue weighted by atomic mass is 10.1. The number of carboxylic acid groups (broad SMARTS) is 1. The standard InChI is InChI=1S/C14H12ClN3O2/c1-8-12(6-14(19)20)9(2)18(17-8)13-4-3-11(15)5-10(13)7-16/h3-5H,6H2,1-2H3,(H,19,20). The Morgan fingerprint density at radius 3 is 2.80 bits per heavy atom. The van der Waals surface area contributed by atoms with Crippen molar-refractivity contribution in [3.8, 4) is 11.8 Å². The molecule has 0 radical (unpaired) electrons. The Morgan fingerprint density at radius 2 is 2.20 bits per heavy atom. The molecule has 20 heavy (non-hydrogen) atoms. The molecule has 0 bridgehead atoms. The molecule has 1 heterocycles. The molecule has 1 aromatic heterocycles. The zero-order chi connectivity index (χ0) is 14.9. The van der Waals surface area contributed by atoms with E-state index in [0.29, 0.717) is 33.2 Å². The normalized spacial score (nSPS) is 10.3. The number of halogens is 1. The lowest BCUT2D eigenvalue weighted by molar-refractivity contribution is -0.136. The summed E-state index contributed by atoms with van der Waals surface area (Å²) in [6.45, 7) is 3.54. The van der Waals surface area contributed by atoms with Gasteiger partial charge in [0.2, 0.25) is 0 Å². The molecule has 0 saturated carbocycles. The van der Waals surface area contributed by atoms with E-state index < -0.39 is 5.97 Å². The zero-order valence-electron chi connectivity index (χ0n) is 11.0. The first kappa shape index (κ1) is 14.1. The molecule has 0 atom stereocenters. The second-order valence-corrected chi connectivity index (χ2v) is 4.84. The first-order valence-electron chi connectivity index (χ1n) is 5.91. The van der Waals surface area contributed by atoms with Crippen molar-refractivity contribution < 1.29 is 9.90 Å². The van der Waals surface area contributed by atoms with E-state index >= 15 is 0 Å². The predicted molar refractivity (Wildman–Crippen MR) is 74.1 cm³/mol. The quantitative estimate of drug-likeness (QED) is 0.942. The van der Waals surface area contributed by atoms with Gasteiger partial charge in [-0.1, -0.05) is 11.6 Å². The maximum absolute atomic E-state index is 10.9. The van der Waals surface area contributed by atoms with E-state index in [0.717, 1.165) is 0 Å². The third kappa shape index (κ3) is 2.51. The van der Waals surface area contributed by atoms with Crippen molar-refractivity contribution in [2.45, 2.75) is 20.3 Å². The smallest absolute Gasteiger partial charge is 0.307 e. The number of hydrogen-bond donors (Lipinski definition) is 1. The third-order valence-electron chi connectivity index (χ3n) is 3.08. The second-order valence-electron chi connectivity index (χ2n) is 4.40. The Kier molecular flexibility index (Phi) is 3.77. The van der Waals surface area contributed by atoms with Gasteiger partial charge in [-0.05, 0) is 32.0 Å². The number of nitriles is 1. The number of hydrogen-bond acceptors (Lipinski definition) is 3. The van der Waals surface area contributed by atoms with Crippen LogP contribution in [-0.2, 0) is 11.2 Å². The third-order valence-corrected chi connectivity index (χ3v) is 3.31. The molecule has 5 nitrogen and oxygen atoms in total. The Morgan fingerprint density at radius 1 is 1.50 bits per heavy atom. The molecular formula is C14H12ClN3O2. The molecule has 2 rings (SSSR count). The highest BCUT2D eigenvalue weighted by Crippen LogP contribution is 2.23.